The Bertz CT molecular complexity index is 723. The first kappa shape index (κ1) is 17.5. The van der Waals surface area contributed by atoms with Crippen LogP contribution in [-0.4, -0.2) is 22.6 Å². The highest BCUT2D eigenvalue weighted by atomic mass is 35.5. The molecule has 0 saturated carbocycles. The number of hydrogen-bond donors (Lipinski definition) is 2. The molecule has 23 heavy (non-hydrogen) atoms. The van der Waals surface area contributed by atoms with Crippen molar-refractivity contribution in [2.24, 2.45) is 0 Å². The topological polar surface area (TPSA) is 63.2 Å². The normalized spacial score (nSPS) is 10.0. The molecule has 0 saturated heterocycles. The predicted octanol–water partition coefficient (Wildman–Crippen LogP) is 3.59. The summed E-state index contributed by atoms with van der Waals surface area (Å²) in [6, 6.07) is 8.51. The summed E-state index contributed by atoms with van der Waals surface area (Å²) in [5.74, 6) is 0.591. The highest BCUT2D eigenvalue weighted by Crippen LogP contribution is 2.21. The fourth-order valence-electron chi connectivity index (χ4n) is 1.57. The van der Waals surface area contributed by atoms with Crippen LogP contribution in [-0.2, 0) is 4.79 Å². The second-order valence-corrected chi connectivity index (χ2v) is 5.82. The number of ether oxygens (including phenoxy) is 1. The largest absolute Gasteiger partial charge is 0.484 e. The van der Waals surface area contributed by atoms with Crippen LogP contribution in [0.5, 0.6) is 5.75 Å². The number of carbonyl (C=O) groups is 1. The number of aryl methyl sites for hydroxylation is 1. The summed E-state index contributed by atoms with van der Waals surface area (Å²) in [7, 11) is 0. The molecule has 0 aliphatic heterocycles. The summed E-state index contributed by atoms with van der Waals surface area (Å²) < 4.78 is 5.35. The maximum absolute atomic E-state index is 11.8. The van der Waals surface area contributed by atoms with E-state index in [0.29, 0.717) is 21.6 Å². The Hall–Kier alpha value is -1.89. The van der Waals surface area contributed by atoms with Crippen molar-refractivity contribution < 1.29 is 9.53 Å². The van der Waals surface area contributed by atoms with E-state index in [1.54, 1.807) is 24.3 Å². The van der Waals surface area contributed by atoms with Gasteiger partial charge in [-0.1, -0.05) is 29.3 Å². The second kappa shape index (κ2) is 8.10. The van der Waals surface area contributed by atoms with Crippen molar-refractivity contribution in [3.8, 4) is 5.75 Å². The van der Waals surface area contributed by atoms with Gasteiger partial charge >= 0.3 is 0 Å². The average Bonchev–Trinajstić information content (AvgIpc) is 2.51. The van der Waals surface area contributed by atoms with Crippen LogP contribution in [0.1, 0.15) is 5.56 Å². The van der Waals surface area contributed by atoms with Crippen molar-refractivity contribution in [1.29, 1.82) is 0 Å². The number of pyridine rings is 1. The first-order valence-corrected chi connectivity index (χ1v) is 7.72. The number of benzene rings is 1. The minimum Gasteiger partial charge on any atom is -0.484 e. The molecule has 2 aromatic rings. The van der Waals surface area contributed by atoms with Crippen LogP contribution in [0.3, 0.4) is 0 Å². The molecule has 1 aromatic heterocycles. The van der Waals surface area contributed by atoms with Gasteiger partial charge in [0.2, 0.25) is 0 Å². The van der Waals surface area contributed by atoms with E-state index in [2.05, 4.69) is 15.6 Å². The van der Waals surface area contributed by atoms with Gasteiger partial charge in [0.1, 0.15) is 11.6 Å². The Morgan fingerprint density at radius 1 is 1.30 bits per heavy atom. The molecular formula is C15H13Cl2N3O2S. The Morgan fingerprint density at radius 2 is 2.09 bits per heavy atom. The summed E-state index contributed by atoms with van der Waals surface area (Å²) in [5, 5.41) is 6.47. The van der Waals surface area contributed by atoms with Gasteiger partial charge in [-0.3, -0.25) is 10.1 Å². The number of nitrogens with one attached hydrogen (secondary N) is 2. The van der Waals surface area contributed by atoms with Crippen molar-refractivity contribution >= 4 is 52.3 Å². The number of rotatable bonds is 4. The maximum Gasteiger partial charge on any atom is 0.264 e. The Balaban J connectivity index is 1.80. The number of nitrogens with zero attached hydrogens (tertiary/aromatic N) is 1. The van der Waals surface area contributed by atoms with Crippen molar-refractivity contribution in [3.63, 3.8) is 0 Å². The van der Waals surface area contributed by atoms with Gasteiger partial charge in [0.05, 0.1) is 5.02 Å². The van der Waals surface area contributed by atoms with E-state index in [1.807, 2.05) is 13.0 Å². The van der Waals surface area contributed by atoms with Crippen LogP contribution < -0.4 is 15.4 Å². The Labute approximate surface area is 149 Å². The van der Waals surface area contributed by atoms with Gasteiger partial charge in [0.25, 0.3) is 5.91 Å². The minimum absolute atomic E-state index is 0.121. The number of carbonyl (C=O) groups excluding carboxylic acids is 1. The van der Waals surface area contributed by atoms with Crippen LogP contribution >= 0.6 is 35.4 Å². The highest BCUT2D eigenvalue weighted by molar-refractivity contribution is 7.80. The van der Waals surface area contributed by atoms with Gasteiger partial charge in [0.15, 0.2) is 11.7 Å². The van der Waals surface area contributed by atoms with E-state index in [0.717, 1.165) is 5.56 Å². The van der Waals surface area contributed by atoms with E-state index < -0.39 is 5.91 Å². The SMILES string of the molecule is Cc1ccc(OCC(=O)NC(=S)Nc2ccc(Cl)cn2)cc1Cl. The van der Waals surface area contributed by atoms with Gasteiger partial charge in [0, 0.05) is 11.2 Å². The molecule has 1 heterocycles. The van der Waals surface area contributed by atoms with Crippen LogP contribution in [0.4, 0.5) is 5.82 Å². The number of anilines is 1. The summed E-state index contributed by atoms with van der Waals surface area (Å²) in [5.41, 5.74) is 0.935. The Kier molecular flexibility index (Phi) is 6.15. The molecule has 120 valence electrons. The van der Waals surface area contributed by atoms with Crippen molar-refractivity contribution in [2.45, 2.75) is 6.92 Å². The molecule has 8 heteroatoms. The van der Waals surface area contributed by atoms with Crippen LogP contribution in [0.2, 0.25) is 10.0 Å². The molecule has 0 unspecified atom stereocenters. The van der Waals surface area contributed by atoms with Crippen molar-refractivity contribution in [2.75, 3.05) is 11.9 Å². The lowest BCUT2D eigenvalue weighted by molar-refractivity contribution is -0.121. The zero-order valence-corrected chi connectivity index (χ0v) is 14.4. The van der Waals surface area contributed by atoms with Crippen LogP contribution in [0.15, 0.2) is 36.5 Å². The molecule has 2 rings (SSSR count). The van der Waals surface area contributed by atoms with Gasteiger partial charge in [-0.2, -0.15) is 0 Å². The number of halogens is 2. The van der Waals surface area contributed by atoms with E-state index in [9.17, 15) is 4.79 Å². The fourth-order valence-corrected chi connectivity index (χ4v) is 2.07. The average molecular weight is 370 g/mol. The summed E-state index contributed by atoms with van der Waals surface area (Å²) in [6.45, 7) is 1.70. The third kappa shape index (κ3) is 5.67. The molecule has 0 aliphatic rings. The van der Waals surface area contributed by atoms with Crippen molar-refractivity contribution in [1.82, 2.24) is 10.3 Å². The molecule has 0 spiro atoms. The zero-order chi connectivity index (χ0) is 16.8. The molecule has 1 amide bonds. The number of thiocarbonyl (C=S) groups is 1. The maximum atomic E-state index is 11.8. The van der Waals surface area contributed by atoms with Gasteiger partial charge in [-0.15, -0.1) is 0 Å². The van der Waals surface area contributed by atoms with Crippen LogP contribution in [0.25, 0.3) is 0 Å². The molecular weight excluding hydrogens is 357 g/mol. The first-order valence-electron chi connectivity index (χ1n) is 6.55. The lowest BCUT2D eigenvalue weighted by Crippen LogP contribution is -2.37. The van der Waals surface area contributed by atoms with Crippen LogP contribution in [0, 0.1) is 6.92 Å². The summed E-state index contributed by atoms with van der Waals surface area (Å²) in [6.07, 6.45) is 1.47. The van der Waals surface area contributed by atoms with E-state index in [1.165, 1.54) is 6.20 Å². The molecule has 0 atom stereocenters. The fraction of sp³-hybridized carbons (Fsp3) is 0.133. The summed E-state index contributed by atoms with van der Waals surface area (Å²) >= 11 is 16.7. The lowest BCUT2D eigenvalue weighted by atomic mass is 10.2. The molecule has 0 radical (unpaired) electrons. The van der Waals surface area contributed by atoms with E-state index >= 15 is 0 Å². The number of amides is 1. The molecule has 5 nitrogen and oxygen atoms in total. The zero-order valence-electron chi connectivity index (χ0n) is 12.1. The van der Waals surface area contributed by atoms with Gasteiger partial charge in [-0.25, -0.2) is 4.98 Å². The number of aromatic nitrogens is 1. The molecule has 2 N–H and O–H groups in total. The van der Waals surface area contributed by atoms with Gasteiger partial charge < -0.3 is 10.1 Å². The van der Waals surface area contributed by atoms with Gasteiger partial charge in [-0.05, 0) is 49.0 Å². The van der Waals surface area contributed by atoms with E-state index in [-0.39, 0.29) is 11.7 Å². The standard InChI is InChI=1S/C15H13Cl2N3O2S/c1-9-2-4-11(6-12(9)17)22-8-14(21)20-15(23)19-13-5-3-10(16)7-18-13/h2-7H,8H2,1H3,(H2,18,19,20,21,23). The third-order valence-corrected chi connectivity index (χ3v) is 3.57. The highest BCUT2D eigenvalue weighted by Gasteiger charge is 2.07. The summed E-state index contributed by atoms with van der Waals surface area (Å²) in [4.78, 5) is 15.8. The van der Waals surface area contributed by atoms with E-state index in [4.69, 9.17) is 40.2 Å². The monoisotopic (exact) mass is 369 g/mol. The quantitative estimate of drug-likeness (QED) is 0.806. The smallest absolute Gasteiger partial charge is 0.264 e. The number of hydrogen-bond acceptors (Lipinski definition) is 4. The minimum atomic E-state index is -0.395. The third-order valence-electron chi connectivity index (χ3n) is 2.74. The molecule has 0 fully saturated rings. The predicted molar refractivity (Wildman–Crippen MR) is 95.3 cm³/mol. The second-order valence-electron chi connectivity index (χ2n) is 4.56. The molecule has 0 aliphatic carbocycles. The lowest BCUT2D eigenvalue weighted by Gasteiger charge is -2.10. The molecule has 1 aromatic carbocycles. The molecule has 0 bridgehead atoms. The first-order chi connectivity index (χ1) is 10.9. The van der Waals surface area contributed by atoms with Crippen molar-refractivity contribution in [3.05, 3.63) is 52.1 Å². The Morgan fingerprint density at radius 3 is 2.74 bits per heavy atom.